The molecular formula is C24H22N2O2S. The number of hydrogen-bond acceptors (Lipinski definition) is 4. The van der Waals surface area contributed by atoms with Gasteiger partial charge < -0.3 is 4.74 Å². The van der Waals surface area contributed by atoms with Gasteiger partial charge in [-0.25, -0.2) is 4.98 Å². The highest BCUT2D eigenvalue weighted by molar-refractivity contribution is 7.14. The summed E-state index contributed by atoms with van der Waals surface area (Å²) >= 11 is 1.41. The lowest BCUT2D eigenvalue weighted by Crippen LogP contribution is -2.20. The first kappa shape index (κ1) is 19.2. The van der Waals surface area contributed by atoms with Crippen molar-refractivity contribution in [3.8, 4) is 17.0 Å². The maximum absolute atomic E-state index is 12.2. The van der Waals surface area contributed by atoms with Crippen molar-refractivity contribution in [2.24, 2.45) is 0 Å². The minimum atomic E-state index is -0.225. The molecule has 0 bridgehead atoms. The summed E-state index contributed by atoms with van der Waals surface area (Å²) < 4.78 is 5.59. The standard InChI is InChI=1S/C24H22N2O2S/c1-16(2)17-10-12-19(13-11-17)28-14-23(27)26-24-25-22(15-29-24)21-9-5-7-18-6-3-4-8-20(18)21/h3-13,15-16H,14H2,1-2H3,(H,25,26,27). The van der Waals surface area contributed by atoms with E-state index in [-0.39, 0.29) is 12.5 Å². The highest BCUT2D eigenvalue weighted by Gasteiger charge is 2.11. The molecule has 0 aliphatic heterocycles. The monoisotopic (exact) mass is 402 g/mol. The van der Waals surface area contributed by atoms with Gasteiger partial charge in [-0.1, -0.05) is 68.4 Å². The molecule has 4 aromatic rings. The van der Waals surface area contributed by atoms with Gasteiger partial charge in [-0.05, 0) is 34.4 Å². The van der Waals surface area contributed by atoms with Crippen LogP contribution < -0.4 is 10.1 Å². The molecular weight excluding hydrogens is 380 g/mol. The third-order valence-electron chi connectivity index (χ3n) is 4.73. The van der Waals surface area contributed by atoms with Crippen LogP contribution in [0, 0.1) is 0 Å². The zero-order chi connectivity index (χ0) is 20.2. The Kier molecular flexibility index (Phi) is 5.58. The Hall–Kier alpha value is -3.18. The number of rotatable bonds is 6. The first-order valence-corrected chi connectivity index (χ1v) is 10.4. The second-order valence-corrected chi connectivity index (χ2v) is 7.98. The molecule has 0 atom stereocenters. The van der Waals surface area contributed by atoms with Crippen LogP contribution in [0.1, 0.15) is 25.3 Å². The predicted molar refractivity (Wildman–Crippen MR) is 120 cm³/mol. The molecule has 1 aromatic heterocycles. The van der Waals surface area contributed by atoms with E-state index in [1.54, 1.807) is 0 Å². The Morgan fingerprint density at radius 3 is 2.59 bits per heavy atom. The van der Waals surface area contributed by atoms with Crippen molar-refractivity contribution in [3.63, 3.8) is 0 Å². The van der Waals surface area contributed by atoms with Crippen molar-refractivity contribution >= 4 is 33.1 Å². The minimum Gasteiger partial charge on any atom is -0.484 e. The quantitative estimate of drug-likeness (QED) is 0.424. The molecule has 146 valence electrons. The number of carbonyl (C=O) groups excluding carboxylic acids is 1. The summed E-state index contributed by atoms with van der Waals surface area (Å²) in [4.78, 5) is 16.8. The number of anilines is 1. The number of hydrogen-bond donors (Lipinski definition) is 1. The molecule has 4 rings (SSSR count). The van der Waals surface area contributed by atoms with Crippen molar-refractivity contribution in [1.82, 2.24) is 4.98 Å². The second-order valence-electron chi connectivity index (χ2n) is 7.13. The van der Waals surface area contributed by atoms with Gasteiger partial charge in [-0.15, -0.1) is 11.3 Å². The van der Waals surface area contributed by atoms with E-state index in [1.807, 2.05) is 53.9 Å². The zero-order valence-corrected chi connectivity index (χ0v) is 17.2. The largest absolute Gasteiger partial charge is 0.484 e. The topological polar surface area (TPSA) is 51.2 Å². The Balaban J connectivity index is 1.40. The third kappa shape index (κ3) is 4.46. The highest BCUT2D eigenvalue weighted by Crippen LogP contribution is 2.31. The number of fused-ring (bicyclic) bond motifs is 1. The van der Waals surface area contributed by atoms with Crippen molar-refractivity contribution < 1.29 is 9.53 Å². The van der Waals surface area contributed by atoms with Crippen LogP contribution in [-0.4, -0.2) is 17.5 Å². The van der Waals surface area contributed by atoms with E-state index < -0.39 is 0 Å². The number of thiazole rings is 1. The SMILES string of the molecule is CC(C)c1ccc(OCC(=O)Nc2nc(-c3cccc4ccccc34)cs2)cc1. The Bertz CT molecular complexity index is 1130. The molecule has 1 amide bonds. The molecule has 0 aliphatic rings. The van der Waals surface area contributed by atoms with Crippen molar-refractivity contribution in [1.29, 1.82) is 0 Å². The summed E-state index contributed by atoms with van der Waals surface area (Å²) in [5, 5.41) is 7.66. The number of aromatic nitrogens is 1. The molecule has 5 heteroatoms. The fourth-order valence-electron chi connectivity index (χ4n) is 3.16. The van der Waals surface area contributed by atoms with Gasteiger partial charge in [0.05, 0.1) is 5.69 Å². The van der Waals surface area contributed by atoms with Gasteiger partial charge in [0.2, 0.25) is 0 Å². The molecule has 1 heterocycles. The molecule has 0 fully saturated rings. The van der Waals surface area contributed by atoms with Crippen molar-refractivity contribution in [2.75, 3.05) is 11.9 Å². The van der Waals surface area contributed by atoms with Gasteiger partial charge in [0.1, 0.15) is 5.75 Å². The second kappa shape index (κ2) is 8.45. The smallest absolute Gasteiger partial charge is 0.264 e. The summed E-state index contributed by atoms with van der Waals surface area (Å²) in [5.41, 5.74) is 3.15. The lowest BCUT2D eigenvalue weighted by Gasteiger charge is -2.08. The minimum absolute atomic E-state index is 0.0514. The predicted octanol–water partition coefficient (Wildman–Crippen LogP) is 6.10. The molecule has 0 saturated carbocycles. The van der Waals surface area contributed by atoms with Crippen LogP contribution in [-0.2, 0) is 4.79 Å². The molecule has 0 unspecified atom stereocenters. The van der Waals surface area contributed by atoms with Crippen LogP contribution in [0.2, 0.25) is 0 Å². The lowest BCUT2D eigenvalue weighted by molar-refractivity contribution is -0.118. The normalized spacial score (nSPS) is 11.0. The molecule has 0 saturated heterocycles. The first-order valence-electron chi connectivity index (χ1n) is 9.56. The number of nitrogens with one attached hydrogen (secondary N) is 1. The highest BCUT2D eigenvalue weighted by atomic mass is 32.1. The summed E-state index contributed by atoms with van der Waals surface area (Å²) in [7, 11) is 0. The van der Waals surface area contributed by atoms with Crippen LogP contribution in [0.15, 0.2) is 72.1 Å². The third-order valence-corrected chi connectivity index (χ3v) is 5.49. The van der Waals surface area contributed by atoms with E-state index in [0.29, 0.717) is 16.8 Å². The van der Waals surface area contributed by atoms with Crippen LogP contribution in [0.3, 0.4) is 0 Å². The van der Waals surface area contributed by atoms with Gasteiger partial charge in [-0.3, -0.25) is 10.1 Å². The van der Waals surface area contributed by atoms with Crippen LogP contribution in [0.25, 0.3) is 22.0 Å². The molecule has 0 radical (unpaired) electrons. The zero-order valence-electron chi connectivity index (χ0n) is 16.4. The molecule has 29 heavy (non-hydrogen) atoms. The fraction of sp³-hybridized carbons (Fsp3) is 0.167. The van der Waals surface area contributed by atoms with Gasteiger partial charge >= 0.3 is 0 Å². The van der Waals surface area contributed by atoms with Crippen LogP contribution in [0.5, 0.6) is 5.75 Å². The number of benzene rings is 3. The van der Waals surface area contributed by atoms with Crippen LogP contribution in [0.4, 0.5) is 5.13 Å². The average molecular weight is 403 g/mol. The summed E-state index contributed by atoms with van der Waals surface area (Å²) in [5.74, 6) is 0.921. The molecule has 4 nitrogen and oxygen atoms in total. The lowest BCUT2D eigenvalue weighted by atomic mass is 10.0. The van der Waals surface area contributed by atoms with E-state index in [0.717, 1.165) is 16.6 Å². The molecule has 1 N–H and O–H groups in total. The number of nitrogens with zero attached hydrogens (tertiary/aromatic N) is 1. The van der Waals surface area contributed by atoms with Gasteiger partial charge in [-0.2, -0.15) is 0 Å². The van der Waals surface area contributed by atoms with Crippen LogP contribution >= 0.6 is 11.3 Å². The van der Waals surface area contributed by atoms with Gasteiger partial charge in [0, 0.05) is 10.9 Å². The summed E-state index contributed by atoms with van der Waals surface area (Å²) in [6.45, 7) is 4.23. The summed E-state index contributed by atoms with van der Waals surface area (Å²) in [6, 6.07) is 22.2. The number of ether oxygens (including phenoxy) is 1. The van der Waals surface area contributed by atoms with E-state index in [2.05, 4.69) is 42.3 Å². The fourth-order valence-corrected chi connectivity index (χ4v) is 3.88. The number of carbonyl (C=O) groups is 1. The van der Waals surface area contributed by atoms with E-state index in [9.17, 15) is 4.79 Å². The molecule has 0 aliphatic carbocycles. The molecule has 0 spiro atoms. The van der Waals surface area contributed by atoms with E-state index >= 15 is 0 Å². The Morgan fingerprint density at radius 2 is 1.79 bits per heavy atom. The molecule has 3 aromatic carbocycles. The Labute approximate surface area is 174 Å². The van der Waals surface area contributed by atoms with Crippen molar-refractivity contribution in [2.45, 2.75) is 19.8 Å². The van der Waals surface area contributed by atoms with Gasteiger partial charge in [0.15, 0.2) is 11.7 Å². The van der Waals surface area contributed by atoms with Crippen molar-refractivity contribution in [3.05, 3.63) is 77.7 Å². The first-order chi connectivity index (χ1) is 14.1. The Morgan fingerprint density at radius 1 is 1.03 bits per heavy atom. The van der Waals surface area contributed by atoms with E-state index in [4.69, 9.17) is 4.74 Å². The summed E-state index contributed by atoms with van der Waals surface area (Å²) in [6.07, 6.45) is 0. The average Bonchev–Trinajstić information content (AvgIpc) is 3.20. The maximum atomic E-state index is 12.2. The van der Waals surface area contributed by atoms with E-state index in [1.165, 1.54) is 22.3 Å². The number of amides is 1. The maximum Gasteiger partial charge on any atom is 0.264 e. The van der Waals surface area contributed by atoms with Gasteiger partial charge in [0.25, 0.3) is 5.91 Å².